The van der Waals surface area contributed by atoms with E-state index in [4.69, 9.17) is 5.73 Å². The zero-order valence-corrected chi connectivity index (χ0v) is 8.47. The number of unbranched alkanes of at least 4 members (excludes halogenated alkanes) is 3. The molecule has 67 valence electrons. The predicted molar refractivity (Wildman–Crippen MR) is 42.4 cm³/mol. The van der Waals surface area contributed by atoms with E-state index in [1.165, 1.54) is 32.1 Å². The summed E-state index contributed by atoms with van der Waals surface area (Å²) in [7, 11) is 0. The minimum absolute atomic E-state index is 0. The van der Waals surface area contributed by atoms with E-state index in [0.717, 1.165) is 0 Å². The Bertz CT molecular complexity index is 55.2. The van der Waals surface area contributed by atoms with E-state index >= 15 is 0 Å². The first kappa shape index (κ1) is 13.3. The predicted octanol–water partition coefficient (Wildman–Crippen LogP) is 2.30. The van der Waals surface area contributed by atoms with Gasteiger partial charge in [0, 0.05) is 28.4 Å². The van der Waals surface area contributed by atoms with Crippen LogP contribution in [0.25, 0.3) is 0 Å². The molecule has 2 N–H and O–H groups in total. The molecule has 10 heavy (non-hydrogen) atoms. The second-order valence-corrected chi connectivity index (χ2v) is 2.83. The molecular formula is C8H19AgN. The van der Waals surface area contributed by atoms with Crippen molar-refractivity contribution >= 4 is 0 Å². The maximum absolute atomic E-state index is 5.57. The van der Waals surface area contributed by atoms with Crippen molar-refractivity contribution in [2.24, 2.45) is 5.73 Å². The van der Waals surface area contributed by atoms with Crippen molar-refractivity contribution < 1.29 is 22.4 Å². The molecular weight excluding hydrogens is 218 g/mol. The summed E-state index contributed by atoms with van der Waals surface area (Å²) >= 11 is 0. The Kier molecular flexibility index (Phi) is 12.9. The van der Waals surface area contributed by atoms with Crippen LogP contribution in [0.2, 0.25) is 0 Å². The average molecular weight is 237 g/mol. The Hall–Kier alpha value is 0.700. The molecule has 0 rings (SSSR count). The quantitative estimate of drug-likeness (QED) is 0.576. The molecule has 0 aromatic heterocycles. The first-order chi connectivity index (χ1) is 4.27. The van der Waals surface area contributed by atoms with E-state index in [9.17, 15) is 0 Å². The summed E-state index contributed by atoms with van der Waals surface area (Å²) in [4.78, 5) is 0. The fraction of sp³-hybridized carbons (Fsp3) is 1.00. The summed E-state index contributed by atoms with van der Waals surface area (Å²) in [5.41, 5.74) is 5.57. The third-order valence-electron chi connectivity index (χ3n) is 1.51. The third-order valence-corrected chi connectivity index (χ3v) is 1.51. The first-order valence-corrected chi connectivity index (χ1v) is 4.03. The number of hydrogen-bond acceptors (Lipinski definition) is 1. The third kappa shape index (κ3) is 11.5. The van der Waals surface area contributed by atoms with Crippen LogP contribution in [0.1, 0.15) is 46.0 Å². The maximum atomic E-state index is 5.57. The van der Waals surface area contributed by atoms with E-state index in [-0.39, 0.29) is 22.4 Å². The van der Waals surface area contributed by atoms with Gasteiger partial charge in [-0.15, -0.1) is 0 Å². The molecule has 0 spiro atoms. The van der Waals surface area contributed by atoms with Crippen molar-refractivity contribution in [3.63, 3.8) is 0 Å². The van der Waals surface area contributed by atoms with Gasteiger partial charge in [0.15, 0.2) is 0 Å². The van der Waals surface area contributed by atoms with E-state index in [1.807, 2.05) is 0 Å². The van der Waals surface area contributed by atoms with Gasteiger partial charge in [-0.1, -0.05) is 32.6 Å². The van der Waals surface area contributed by atoms with Crippen molar-refractivity contribution in [1.29, 1.82) is 0 Å². The van der Waals surface area contributed by atoms with Gasteiger partial charge in [0.05, 0.1) is 0 Å². The Morgan fingerprint density at radius 3 is 2.20 bits per heavy atom. The van der Waals surface area contributed by atoms with Gasteiger partial charge >= 0.3 is 0 Å². The van der Waals surface area contributed by atoms with Crippen LogP contribution in [0.4, 0.5) is 0 Å². The molecule has 0 saturated carbocycles. The Balaban J connectivity index is 0. The number of nitrogens with two attached hydrogens (primary N) is 1. The summed E-state index contributed by atoms with van der Waals surface area (Å²) in [6.07, 6.45) is 6.55. The smallest absolute Gasteiger partial charge is 0.00104 e. The van der Waals surface area contributed by atoms with Crippen LogP contribution in [0.15, 0.2) is 0 Å². The number of hydrogen-bond donors (Lipinski definition) is 1. The van der Waals surface area contributed by atoms with Gasteiger partial charge in [0.25, 0.3) is 0 Å². The normalized spacial score (nSPS) is 12.3. The fourth-order valence-electron chi connectivity index (χ4n) is 0.893. The molecule has 1 atom stereocenters. The molecule has 2 heteroatoms. The van der Waals surface area contributed by atoms with E-state index in [1.54, 1.807) is 0 Å². The van der Waals surface area contributed by atoms with Gasteiger partial charge in [-0.05, 0) is 13.3 Å². The first-order valence-electron chi connectivity index (χ1n) is 4.03. The summed E-state index contributed by atoms with van der Waals surface area (Å²) < 4.78 is 0. The Labute approximate surface area is 80.3 Å². The molecule has 1 unspecified atom stereocenters. The van der Waals surface area contributed by atoms with Crippen LogP contribution in [0.3, 0.4) is 0 Å². The van der Waals surface area contributed by atoms with Crippen molar-refractivity contribution in [1.82, 2.24) is 0 Å². The summed E-state index contributed by atoms with van der Waals surface area (Å²) in [5, 5.41) is 0. The zero-order chi connectivity index (χ0) is 7.11. The van der Waals surface area contributed by atoms with Crippen molar-refractivity contribution in [2.45, 2.75) is 52.0 Å². The molecule has 0 aliphatic carbocycles. The zero-order valence-electron chi connectivity index (χ0n) is 6.99. The molecule has 1 nitrogen and oxygen atoms in total. The van der Waals surface area contributed by atoms with Crippen molar-refractivity contribution in [3.05, 3.63) is 0 Å². The topological polar surface area (TPSA) is 26.0 Å². The van der Waals surface area contributed by atoms with Gasteiger partial charge in [-0.3, -0.25) is 0 Å². The molecule has 0 aromatic carbocycles. The molecule has 0 aromatic rings. The molecule has 0 saturated heterocycles. The van der Waals surface area contributed by atoms with E-state index < -0.39 is 0 Å². The second kappa shape index (κ2) is 9.70. The minimum Gasteiger partial charge on any atom is -0.328 e. The van der Waals surface area contributed by atoms with Gasteiger partial charge in [-0.25, -0.2) is 0 Å². The Morgan fingerprint density at radius 1 is 1.20 bits per heavy atom. The minimum atomic E-state index is 0. The van der Waals surface area contributed by atoms with Crippen molar-refractivity contribution in [2.75, 3.05) is 0 Å². The molecule has 0 amide bonds. The van der Waals surface area contributed by atoms with Crippen molar-refractivity contribution in [3.8, 4) is 0 Å². The molecule has 1 radical (unpaired) electrons. The van der Waals surface area contributed by atoms with Gasteiger partial charge in [0.1, 0.15) is 0 Å². The summed E-state index contributed by atoms with van der Waals surface area (Å²) in [6, 6.07) is 0.404. The maximum Gasteiger partial charge on any atom is 0.00104 e. The van der Waals surface area contributed by atoms with E-state index in [0.29, 0.717) is 6.04 Å². The van der Waals surface area contributed by atoms with E-state index in [2.05, 4.69) is 13.8 Å². The van der Waals surface area contributed by atoms with Gasteiger partial charge in [0.2, 0.25) is 0 Å². The van der Waals surface area contributed by atoms with Crippen LogP contribution >= 0.6 is 0 Å². The molecule has 0 aliphatic rings. The number of rotatable bonds is 5. The van der Waals surface area contributed by atoms with Crippen LogP contribution < -0.4 is 5.73 Å². The van der Waals surface area contributed by atoms with Crippen LogP contribution in [-0.2, 0) is 22.4 Å². The average Bonchev–Trinajstić information content (AvgIpc) is 1.80. The van der Waals surface area contributed by atoms with Crippen LogP contribution in [0.5, 0.6) is 0 Å². The van der Waals surface area contributed by atoms with Crippen LogP contribution in [-0.4, -0.2) is 6.04 Å². The van der Waals surface area contributed by atoms with Gasteiger partial charge < -0.3 is 5.73 Å². The molecule has 0 heterocycles. The molecule has 0 bridgehead atoms. The van der Waals surface area contributed by atoms with Crippen LogP contribution in [0, 0.1) is 0 Å². The standard InChI is InChI=1S/C8H19N.Ag/c1-3-4-5-6-7-8(2)9;/h8H,3-7,9H2,1-2H3;. The largest absolute Gasteiger partial charge is 0.328 e. The second-order valence-electron chi connectivity index (χ2n) is 2.83. The summed E-state index contributed by atoms with van der Waals surface area (Å²) in [5.74, 6) is 0. The Morgan fingerprint density at radius 2 is 1.80 bits per heavy atom. The SMILES string of the molecule is CCCCCCC(C)N.[Ag]. The van der Waals surface area contributed by atoms with Gasteiger partial charge in [-0.2, -0.15) is 0 Å². The fourth-order valence-corrected chi connectivity index (χ4v) is 0.893. The molecule has 0 aliphatic heterocycles. The summed E-state index contributed by atoms with van der Waals surface area (Å²) in [6.45, 7) is 4.30. The monoisotopic (exact) mass is 236 g/mol. The molecule has 0 fully saturated rings.